The molecule has 0 bridgehead atoms. The fraction of sp³-hybridized carbons (Fsp3) is 0.333. The van der Waals surface area contributed by atoms with Crippen LogP contribution in [0.15, 0.2) is 11.6 Å². The standard InChI is InChI=1S/C9H9N3S2/c10-9-11-3-7(14-9)6-4-13-8(12-6)5-1-2-5/h3-5H,1-2H2,(H2,10,11). The third kappa shape index (κ3) is 1.42. The molecule has 0 amide bonds. The van der Waals surface area contributed by atoms with Crippen molar-refractivity contribution in [3.63, 3.8) is 0 Å². The van der Waals surface area contributed by atoms with Gasteiger partial charge in [0.15, 0.2) is 5.13 Å². The lowest BCUT2D eigenvalue weighted by Crippen LogP contribution is -1.77. The predicted molar refractivity (Wildman–Crippen MR) is 59.6 cm³/mol. The first-order valence-electron chi connectivity index (χ1n) is 4.50. The van der Waals surface area contributed by atoms with Gasteiger partial charge in [-0.1, -0.05) is 11.3 Å². The lowest BCUT2D eigenvalue weighted by Gasteiger charge is -1.87. The minimum atomic E-state index is 0.612. The Morgan fingerprint density at radius 3 is 2.93 bits per heavy atom. The molecule has 0 unspecified atom stereocenters. The lowest BCUT2D eigenvalue weighted by molar-refractivity contribution is 1.09. The second-order valence-electron chi connectivity index (χ2n) is 3.41. The molecule has 0 atom stereocenters. The van der Waals surface area contributed by atoms with Crippen LogP contribution in [-0.4, -0.2) is 9.97 Å². The van der Waals surface area contributed by atoms with Gasteiger partial charge in [-0.15, -0.1) is 11.3 Å². The molecule has 2 N–H and O–H groups in total. The highest BCUT2D eigenvalue weighted by Crippen LogP contribution is 2.42. The summed E-state index contributed by atoms with van der Waals surface area (Å²) >= 11 is 3.25. The zero-order valence-electron chi connectivity index (χ0n) is 7.43. The summed E-state index contributed by atoms with van der Waals surface area (Å²) < 4.78 is 0. The van der Waals surface area contributed by atoms with Gasteiger partial charge >= 0.3 is 0 Å². The number of hydrogen-bond acceptors (Lipinski definition) is 5. The van der Waals surface area contributed by atoms with E-state index >= 15 is 0 Å². The van der Waals surface area contributed by atoms with E-state index in [-0.39, 0.29) is 0 Å². The summed E-state index contributed by atoms with van der Waals surface area (Å²) in [5.74, 6) is 0.735. The second kappa shape index (κ2) is 3.03. The van der Waals surface area contributed by atoms with Crippen molar-refractivity contribution in [3.05, 3.63) is 16.6 Å². The van der Waals surface area contributed by atoms with Crippen LogP contribution in [0.4, 0.5) is 5.13 Å². The highest BCUT2D eigenvalue weighted by molar-refractivity contribution is 7.19. The van der Waals surface area contributed by atoms with E-state index in [0.29, 0.717) is 5.13 Å². The van der Waals surface area contributed by atoms with Crippen molar-refractivity contribution in [2.45, 2.75) is 18.8 Å². The van der Waals surface area contributed by atoms with Crippen LogP contribution in [0.2, 0.25) is 0 Å². The van der Waals surface area contributed by atoms with E-state index in [0.717, 1.165) is 16.5 Å². The van der Waals surface area contributed by atoms with E-state index in [1.54, 1.807) is 17.5 Å². The number of nitrogens with zero attached hydrogens (tertiary/aromatic N) is 2. The topological polar surface area (TPSA) is 51.8 Å². The molecule has 72 valence electrons. The van der Waals surface area contributed by atoms with Crippen molar-refractivity contribution in [2.75, 3.05) is 5.73 Å². The van der Waals surface area contributed by atoms with Crippen LogP contribution in [0.25, 0.3) is 10.6 Å². The van der Waals surface area contributed by atoms with E-state index in [1.807, 2.05) is 0 Å². The van der Waals surface area contributed by atoms with E-state index in [9.17, 15) is 0 Å². The Hall–Kier alpha value is -0.940. The van der Waals surface area contributed by atoms with Gasteiger partial charge in [0.05, 0.1) is 15.6 Å². The maximum Gasteiger partial charge on any atom is 0.180 e. The number of thiazole rings is 2. The van der Waals surface area contributed by atoms with Gasteiger partial charge in [-0.3, -0.25) is 0 Å². The molecule has 2 heterocycles. The summed E-state index contributed by atoms with van der Waals surface area (Å²) in [5, 5.41) is 3.98. The summed E-state index contributed by atoms with van der Waals surface area (Å²) in [5.41, 5.74) is 6.61. The summed E-state index contributed by atoms with van der Waals surface area (Å²) in [6.45, 7) is 0. The van der Waals surface area contributed by atoms with Crippen LogP contribution in [0, 0.1) is 0 Å². The molecule has 3 nitrogen and oxygen atoms in total. The average Bonchev–Trinajstić information content (AvgIpc) is 2.76. The monoisotopic (exact) mass is 223 g/mol. The lowest BCUT2D eigenvalue weighted by atomic mass is 10.4. The van der Waals surface area contributed by atoms with E-state index in [1.165, 1.54) is 29.2 Å². The molecule has 0 saturated heterocycles. The molecule has 1 saturated carbocycles. The maximum absolute atomic E-state index is 5.58. The fourth-order valence-electron chi connectivity index (χ4n) is 1.32. The van der Waals surface area contributed by atoms with Crippen LogP contribution in [0.3, 0.4) is 0 Å². The van der Waals surface area contributed by atoms with Gasteiger partial charge < -0.3 is 5.73 Å². The van der Waals surface area contributed by atoms with Crippen molar-refractivity contribution in [1.29, 1.82) is 0 Å². The van der Waals surface area contributed by atoms with Gasteiger partial charge in [0.1, 0.15) is 0 Å². The van der Waals surface area contributed by atoms with Crippen molar-refractivity contribution in [2.24, 2.45) is 0 Å². The van der Waals surface area contributed by atoms with Crippen LogP contribution in [-0.2, 0) is 0 Å². The first kappa shape index (κ1) is 8.38. The van der Waals surface area contributed by atoms with E-state index in [4.69, 9.17) is 5.73 Å². The number of rotatable bonds is 2. The molecule has 5 heteroatoms. The molecule has 14 heavy (non-hydrogen) atoms. The van der Waals surface area contributed by atoms with Gasteiger partial charge in [-0.2, -0.15) is 0 Å². The maximum atomic E-state index is 5.58. The molecule has 1 aliphatic rings. The Labute approximate surface area is 89.6 Å². The summed E-state index contributed by atoms with van der Waals surface area (Å²) in [6, 6.07) is 0. The minimum absolute atomic E-state index is 0.612. The normalized spacial score (nSPS) is 16.0. The number of nitrogens with two attached hydrogens (primary N) is 1. The van der Waals surface area contributed by atoms with Crippen LogP contribution in [0.1, 0.15) is 23.8 Å². The fourth-order valence-corrected chi connectivity index (χ4v) is 3.04. The molecule has 0 aliphatic heterocycles. The van der Waals surface area contributed by atoms with Gasteiger partial charge in [-0.05, 0) is 12.8 Å². The third-order valence-electron chi connectivity index (χ3n) is 2.22. The minimum Gasteiger partial charge on any atom is -0.375 e. The number of aromatic nitrogens is 2. The van der Waals surface area contributed by atoms with E-state index < -0.39 is 0 Å². The molecular weight excluding hydrogens is 214 g/mol. The molecule has 2 aromatic rings. The molecule has 0 radical (unpaired) electrons. The quantitative estimate of drug-likeness (QED) is 0.851. The first-order chi connectivity index (χ1) is 6.83. The highest BCUT2D eigenvalue weighted by Gasteiger charge is 2.26. The molecule has 0 spiro atoms. The van der Waals surface area contributed by atoms with Crippen molar-refractivity contribution in [3.8, 4) is 10.6 Å². The van der Waals surface area contributed by atoms with Gasteiger partial charge in [0, 0.05) is 17.5 Å². The zero-order chi connectivity index (χ0) is 9.54. The number of anilines is 1. The zero-order valence-corrected chi connectivity index (χ0v) is 9.07. The molecular formula is C9H9N3S2. The molecule has 3 rings (SSSR count). The Bertz CT molecular complexity index is 456. The first-order valence-corrected chi connectivity index (χ1v) is 6.19. The SMILES string of the molecule is Nc1ncc(-c2csc(C3CC3)n2)s1. The molecule has 1 aliphatic carbocycles. The summed E-state index contributed by atoms with van der Waals surface area (Å²) in [7, 11) is 0. The van der Waals surface area contributed by atoms with Crippen LogP contribution in [0.5, 0.6) is 0 Å². The Morgan fingerprint density at radius 2 is 2.29 bits per heavy atom. The average molecular weight is 223 g/mol. The van der Waals surface area contributed by atoms with Gasteiger partial charge in [0.25, 0.3) is 0 Å². The Balaban J connectivity index is 1.95. The summed E-state index contributed by atoms with van der Waals surface area (Å²) in [4.78, 5) is 9.69. The Kier molecular flexibility index (Phi) is 1.81. The molecule has 1 fully saturated rings. The number of hydrogen-bond donors (Lipinski definition) is 1. The molecule has 2 aromatic heterocycles. The highest BCUT2D eigenvalue weighted by atomic mass is 32.1. The van der Waals surface area contributed by atoms with Gasteiger partial charge in [-0.25, -0.2) is 9.97 Å². The Morgan fingerprint density at radius 1 is 1.43 bits per heavy atom. The number of nitrogen functional groups attached to an aromatic ring is 1. The summed E-state index contributed by atoms with van der Waals surface area (Å²) in [6.07, 6.45) is 4.40. The van der Waals surface area contributed by atoms with Crippen LogP contribution >= 0.6 is 22.7 Å². The largest absolute Gasteiger partial charge is 0.375 e. The predicted octanol–water partition coefficient (Wildman–Crippen LogP) is 2.73. The van der Waals surface area contributed by atoms with Gasteiger partial charge in [0.2, 0.25) is 0 Å². The third-order valence-corrected chi connectivity index (χ3v) is 4.08. The van der Waals surface area contributed by atoms with E-state index in [2.05, 4.69) is 15.3 Å². The van der Waals surface area contributed by atoms with Crippen molar-refractivity contribution < 1.29 is 0 Å². The van der Waals surface area contributed by atoms with Crippen molar-refractivity contribution >= 4 is 27.8 Å². The second-order valence-corrected chi connectivity index (χ2v) is 5.36. The van der Waals surface area contributed by atoms with Crippen LogP contribution < -0.4 is 5.73 Å². The van der Waals surface area contributed by atoms with Crippen molar-refractivity contribution in [1.82, 2.24) is 9.97 Å². The smallest absolute Gasteiger partial charge is 0.180 e. The molecule has 0 aromatic carbocycles.